The Morgan fingerprint density at radius 3 is 2.62 bits per heavy atom. The number of amides is 1. The van der Waals surface area contributed by atoms with Crippen LogP contribution in [0.25, 0.3) is 5.78 Å². The fourth-order valence-corrected chi connectivity index (χ4v) is 3.51. The van der Waals surface area contributed by atoms with Gasteiger partial charge in [0.15, 0.2) is 6.61 Å². The Bertz CT molecular complexity index is 1380. The van der Waals surface area contributed by atoms with E-state index in [0.29, 0.717) is 35.2 Å². The summed E-state index contributed by atoms with van der Waals surface area (Å²) in [7, 11) is 0. The smallest absolute Gasteiger partial charge is 0.274 e. The lowest BCUT2D eigenvalue weighted by molar-refractivity contribution is -0.118. The summed E-state index contributed by atoms with van der Waals surface area (Å²) in [6.45, 7) is 6.54. The van der Waals surface area contributed by atoms with Crippen molar-refractivity contribution in [3.63, 3.8) is 0 Å². The van der Waals surface area contributed by atoms with Gasteiger partial charge >= 0.3 is 0 Å². The number of ether oxygens (including phenoxy) is 2. The van der Waals surface area contributed by atoms with Gasteiger partial charge in [0.1, 0.15) is 24.4 Å². The Hall–Kier alpha value is -4.14. The fraction of sp³-hybridized carbons (Fsp3) is 0.280. The zero-order valence-electron chi connectivity index (χ0n) is 19.4. The van der Waals surface area contributed by atoms with Crippen molar-refractivity contribution in [2.24, 2.45) is 0 Å². The molecule has 34 heavy (non-hydrogen) atoms. The molecule has 4 rings (SSSR count). The molecule has 1 N–H and O–H groups in total. The number of nitrogens with zero attached hydrogens (tertiary/aromatic N) is 4. The molecular weight excluding hydrogens is 434 g/mol. The number of aromatic nitrogens is 4. The van der Waals surface area contributed by atoms with Gasteiger partial charge < -0.3 is 14.8 Å². The normalized spacial score (nSPS) is 10.9. The molecule has 0 bridgehead atoms. The van der Waals surface area contributed by atoms with Crippen LogP contribution >= 0.6 is 0 Å². The number of rotatable bonds is 9. The number of anilines is 1. The van der Waals surface area contributed by atoms with Crippen LogP contribution in [0.5, 0.6) is 11.5 Å². The number of aryl methyl sites for hydroxylation is 3. The Labute approximate surface area is 197 Å². The zero-order valence-corrected chi connectivity index (χ0v) is 19.4. The van der Waals surface area contributed by atoms with E-state index in [4.69, 9.17) is 9.47 Å². The van der Waals surface area contributed by atoms with Crippen LogP contribution in [0.4, 0.5) is 5.69 Å². The molecule has 0 radical (unpaired) electrons. The number of fused-ring (bicyclic) bond motifs is 1. The van der Waals surface area contributed by atoms with Gasteiger partial charge in [-0.05, 0) is 43.5 Å². The van der Waals surface area contributed by atoms with E-state index in [0.717, 1.165) is 17.5 Å². The van der Waals surface area contributed by atoms with Gasteiger partial charge in [-0.2, -0.15) is 9.50 Å². The lowest BCUT2D eigenvalue weighted by Crippen LogP contribution is -2.22. The maximum Gasteiger partial charge on any atom is 0.274 e. The first-order valence-corrected chi connectivity index (χ1v) is 11.1. The molecule has 0 aliphatic carbocycles. The number of carbonyl (C=O) groups is 1. The van der Waals surface area contributed by atoms with Crippen molar-refractivity contribution in [3.8, 4) is 11.5 Å². The molecule has 2 aromatic heterocycles. The van der Waals surface area contributed by atoms with Gasteiger partial charge in [0.25, 0.3) is 17.2 Å². The predicted octanol–water partition coefficient (Wildman–Crippen LogP) is 3.51. The van der Waals surface area contributed by atoms with Crippen LogP contribution in [-0.4, -0.2) is 31.7 Å². The summed E-state index contributed by atoms with van der Waals surface area (Å²) in [5, 5.41) is 2.82. The van der Waals surface area contributed by atoms with E-state index < -0.39 is 0 Å². The van der Waals surface area contributed by atoms with Crippen molar-refractivity contribution >= 4 is 17.4 Å². The Morgan fingerprint density at radius 1 is 1.03 bits per heavy atom. The maximum atomic E-state index is 12.5. The van der Waals surface area contributed by atoms with Crippen LogP contribution in [0.15, 0.2) is 59.7 Å². The third kappa shape index (κ3) is 5.25. The van der Waals surface area contributed by atoms with Gasteiger partial charge in [-0.1, -0.05) is 31.2 Å². The van der Waals surface area contributed by atoms with Crippen molar-refractivity contribution in [2.75, 3.05) is 11.9 Å². The molecule has 2 heterocycles. The van der Waals surface area contributed by atoms with E-state index in [1.54, 1.807) is 23.1 Å². The summed E-state index contributed by atoms with van der Waals surface area (Å²) >= 11 is 0. The van der Waals surface area contributed by atoms with Gasteiger partial charge in [0.05, 0.1) is 5.69 Å². The van der Waals surface area contributed by atoms with Gasteiger partial charge in [-0.3, -0.25) is 14.3 Å². The number of hydrogen-bond acceptors (Lipinski definition) is 6. The summed E-state index contributed by atoms with van der Waals surface area (Å²) in [5.74, 6) is 1.31. The number of nitrogens with one attached hydrogen (secondary N) is 1. The summed E-state index contributed by atoms with van der Waals surface area (Å²) < 4.78 is 14.7. The summed E-state index contributed by atoms with van der Waals surface area (Å²) in [6, 6.07) is 14.4. The standard InChI is InChI=1S/C25H27N5O4/c1-4-11-29-16-26-25-28-20(13-24(32)30(25)29)14-33-22-12-19(10-9-18(22)3)27-23(31)15-34-21-8-6-5-7-17(21)2/h5-10,12-13,16H,4,11,14-15H2,1-3H3,(H,27,31). The second-order valence-corrected chi connectivity index (χ2v) is 7.98. The van der Waals surface area contributed by atoms with E-state index in [-0.39, 0.29) is 24.7 Å². The summed E-state index contributed by atoms with van der Waals surface area (Å²) in [4.78, 5) is 33.5. The van der Waals surface area contributed by atoms with E-state index in [1.165, 1.54) is 10.6 Å². The van der Waals surface area contributed by atoms with Crippen molar-refractivity contribution < 1.29 is 14.3 Å². The largest absolute Gasteiger partial charge is 0.487 e. The zero-order chi connectivity index (χ0) is 24.1. The lowest BCUT2D eigenvalue weighted by Gasteiger charge is -2.13. The van der Waals surface area contributed by atoms with Crippen molar-refractivity contribution in [2.45, 2.75) is 40.3 Å². The summed E-state index contributed by atoms with van der Waals surface area (Å²) in [6.07, 6.45) is 2.49. The highest BCUT2D eigenvalue weighted by Crippen LogP contribution is 2.24. The monoisotopic (exact) mass is 461 g/mol. The molecule has 0 saturated heterocycles. The van der Waals surface area contributed by atoms with Gasteiger partial charge in [0, 0.05) is 24.4 Å². The number of benzene rings is 2. The molecule has 2 aromatic carbocycles. The topological polar surface area (TPSA) is 99.8 Å². The number of hydrogen-bond donors (Lipinski definition) is 1. The molecular formula is C25H27N5O4. The molecule has 0 fully saturated rings. The first-order valence-electron chi connectivity index (χ1n) is 11.1. The second kappa shape index (κ2) is 10.2. The quantitative estimate of drug-likeness (QED) is 0.409. The minimum atomic E-state index is -0.277. The molecule has 0 aliphatic rings. The molecule has 0 spiro atoms. The molecule has 0 unspecified atom stereocenters. The fourth-order valence-electron chi connectivity index (χ4n) is 3.51. The van der Waals surface area contributed by atoms with Gasteiger partial charge in [-0.25, -0.2) is 4.98 Å². The number of para-hydroxylation sites is 1. The van der Waals surface area contributed by atoms with Gasteiger partial charge in [0.2, 0.25) is 0 Å². The van der Waals surface area contributed by atoms with E-state index in [2.05, 4.69) is 15.3 Å². The van der Waals surface area contributed by atoms with Crippen LogP contribution in [-0.2, 0) is 17.9 Å². The highest BCUT2D eigenvalue weighted by molar-refractivity contribution is 5.92. The van der Waals surface area contributed by atoms with Gasteiger partial charge in [-0.15, -0.1) is 0 Å². The third-order valence-electron chi connectivity index (χ3n) is 5.25. The summed E-state index contributed by atoms with van der Waals surface area (Å²) in [5.41, 5.74) is 2.71. The van der Waals surface area contributed by atoms with E-state index >= 15 is 0 Å². The van der Waals surface area contributed by atoms with Crippen molar-refractivity contribution in [1.82, 2.24) is 19.2 Å². The van der Waals surface area contributed by atoms with Crippen LogP contribution in [0.3, 0.4) is 0 Å². The Kier molecular flexibility index (Phi) is 6.91. The van der Waals surface area contributed by atoms with Crippen LogP contribution in [0.1, 0.15) is 30.2 Å². The minimum absolute atomic E-state index is 0.0982. The SMILES string of the molecule is CCCn1cnc2nc(COc3cc(NC(=O)COc4ccccc4C)ccc3C)cc(=O)n21. The predicted molar refractivity (Wildman–Crippen MR) is 128 cm³/mol. The second-order valence-electron chi connectivity index (χ2n) is 7.98. The van der Waals surface area contributed by atoms with Crippen LogP contribution in [0.2, 0.25) is 0 Å². The molecule has 9 nitrogen and oxygen atoms in total. The first-order chi connectivity index (χ1) is 16.4. The van der Waals surface area contributed by atoms with E-state index in [1.807, 2.05) is 51.1 Å². The average Bonchev–Trinajstić information content (AvgIpc) is 3.22. The van der Waals surface area contributed by atoms with Crippen molar-refractivity contribution in [1.29, 1.82) is 0 Å². The Morgan fingerprint density at radius 2 is 1.82 bits per heavy atom. The molecule has 0 aliphatic heterocycles. The average molecular weight is 462 g/mol. The molecule has 0 atom stereocenters. The Balaban J connectivity index is 1.41. The highest BCUT2D eigenvalue weighted by atomic mass is 16.5. The molecule has 9 heteroatoms. The third-order valence-corrected chi connectivity index (χ3v) is 5.25. The molecule has 0 saturated carbocycles. The van der Waals surface area contributed by atoms with Crippen molar-refractivity contribution in [3.05, 3.63) is 82.0 Å². The molecule has 1 amide bonds. The maximum absolute atomic E-state index is 12.5. The highest BCUT2D eigenvalue weighted by Gasteiger charge is 2.11. The minimum Gasteiger partial charge on any atom is -0.487 e. The first kappa shape index (κ1) is 23.0. The van der Waals surface area contributed by atoms with Crippen LogP contribution < -0.4 is 20.3 Å². The van der Waals surface area contributed by atoms with E-state index in [9.17, 15) is 9.59 Å². The molecule has 4 aromatic rings. The molecule has 176 valence electrons. The number of carbonyl (C=O) groups excluding carboxylic acids is 1. The van der Waals surface area contributed by atoms with Crippen LogP contribution in [0, 0.1) is 13.8 Å². The lowest BCUT2D eigenvalue weighted by atomic mass is 10.2.